The molecule has 1 aromatic rings. The maximum atomic E-state index is 13.0. The fourth-order valence-corrected chi connectivity index (χ4v) is 2.36. The average molecular weight is 381 g/mol. The van der Waals surface area contributed by atoms with Crippen molar-refractivity contribution in [3.63, 3.8) is 0 Å². The molecule has 0 amide bonds. The predicted octanol–water partition coefficient (Wildman–Crippen LogP) is 1.54. The summed E-state index contributed by atoms with van der Waals surface area (Å²) >= 11 is 0. The third kappa shape index (κ3) is 5.17. The standard InChI is InChI=1S/C14H18F3N3O6/c1-4-25-12(21)11(13(22)26-5-2)8(7-20(23)24)9-6-10(14(15,16)17)19(3)18-9/h6,8,11H,4-5,7H2,1-3H3/t8-/m0/s1. The topological polar surface area (TPSA) is 114 Å². The number of carbonyl (C=O) groups excluding carboxylic acids is 2. The molecule has 1 rings (SSSR count). The Labute approximate surface area is 146 Å². The fraction of sp³-hybridized carbons (Fsp3) is 0.643. The second-order valence-electron chi connectivity index (χ2n) is 5.18. The normalized spacial score (nSPS) is 12.7. The van der Waals surface area contributed by atoms with Gasteiger partial charge in [-0.1, -0.05) is 0 Å². The Bertz CT molecular complexity index is 655. The summed E-state index contributed by atoms with van der Waals surface area (Å²) in [6.07, 6.45) is -4.76. The quantitative estimate of drug-likeness (QED) is 0.290. The van der Waals surface area contributed by atoms with E-state index in [1.807, 2.05) is 0 Å². The van der Waals surface area contributed by atoms with Crippen LogP contribution in [0.5, 0.6) is 0 Å². The Morgan fingerprint density at radius 1 is 1.27 bits per heavy atom. The van der Waals surface area contributed by atoms with E-state index in [0.29, 0.717) is 10.7 Å². The molecule has 0 saturated heterocycles. The lowest BCUT2D eigenvalue weighted by molar-refractivity contribution is -0.484. The number of alkyl halides is 3. The first-order chi connectivity index (χ1) is 12.0. The number of halogens is 3. The zero-order valence-electron chi connectivity index (χ0n) is 14.3. The minimum absolute atomic E-state index is 0.129. The van der Waals surface area contributed by atoms with Crippen LogP contribution in [0.3, 0.4) is 0 Å². The Balaban J connectivity index is 3.42. The highest BCUT2D eigenvalue weighted by Gasteiger charge is 2.44. The lowest BCUT2D eigenvalue weighted by atomic mass is 9.89. The summed E-state index contributed by atoms with van der Waals surface area (Å²) in [5.74, 6) is -5.64. The number of nitrogens with zero attached hydrogens (tertiary/aromatic N) is 3. The Kier molecular flexibility index (Phi) is 7.10. The molecular formula is C14H18F3N3O6. The van der Waals surface area contributed by atoms with Crippen LogP contribution in [0.2, 0.25) is 0 Å². The van der Waals surface area contributed by atoms with E-state index < -0.39 is 52.8 Å². The molecule has 0 saturated carbocycles. The number of aromatic nitrogens is 2. The van der Waals surface area contributed by atoms with E-state index in [2.05, 4.69) is 5.10 Å². The van der Waals surface area contributed by atoms with Crippen molar-refractivity contribution in [1.29, 1.82) is 0 Å². The van der Waals surface area contributed by atoms with E-state index in [-0.39, 0.29) is 13.2 Å². The average Bonchev–Trinajstić information content (AvgIpc) is 2.88. The van der Waals surface area contributed by atoms with E-state index in [1.165, 1.54) is 13.8 Å². The van der Waals surface area contributed by atoms with Gasteiger partial charge in [0, 0.05) is 12.0 Å². The Hall–Kier alpha value is -2.66. The zero-order chi connectivity index (χ0) is 20.1. The summed E-state index contributed by atoms with van der Waals surface area (Å²) in [4.78, 5) is 34.4. The number of aryl methyl sites for hydroxylation is 1. The molecule has 1 atom stereocenters. The fourth-order valence-electron chi connectivity index (χ4n) is 2.36. The highest BCUT2D eigenvalue weighted by Crippen LogP contribution is 2.33. The van der Waals surface area contributed by atoms with Gasteiger partial charge in [0.05, 0.1) is 24.8 Å². The van der Waals surface area contributed by atoms with Crippen molar-refractivity contribution in [2.75, 3.05) is 19.8 Å². The summed E-state index contributed by atoms with van der Waals surface area (Å²) < 4.78 is 48.9. The molecule has 0 fully saturated rings. The maximum absolute atomic E-state index is 13.0. The third-order valence-electron chi connectivity index (χ3n) is 3.40. The van der Waals surface area contributed by atoms with Gasteiger partial charge in [-0.05, 0) is 19.9 Å². The van der Waals surface area contributed by atoms with Gasteiger partial charge in [-0.2, -0.15) is 18.3 Å². The van der Waals surface area contributed by atoms with Crippen molar-refractivity contribution < 1.29 is 37.2 Å². The van der Waals surface area contributed by atoms with Crippen molar-refractivity contribution in [1.82, 2.24) is 9.78 Å². The maximum Gasteiger partial charge on any atom is 0.433 e. The molecule has 0 N–H and O–H groups in total. The molecule has 0 radical (unpaired) electrons. The van der Waals surface area contributed by atoms with Crippen LogP contribution in [-0.4, -0.2) is 46.4 Å². The van der Waals surface area contributed by atoms with Crippen LogP contribution in [0.15, 0.2) is 6.07 Å². The molecular weight excluding hydrogens is 363 g/mol. The van der Waals surface area contributed by atoms with Crippen molar-refractivity contribution >= 4 is 11.9 Å². The zero-order valence-corrected chi connectivity index (χ0v) is 14.3. The van der Waals surface area contributed by atoms with Crippen molar-refractivity contribution in [3.8, 4) is 0 Å². The minimum Gasteiger partial charge on any atom is -0.465 e. The number of hydrogen-bond donors (Lipinski definition) is 0. The molecule has 26 heavy (non-hydrogen) atoms. The molecule has 12 heteroatoms. The van der Waals surface area contributed by atoms with Gasteiger partial charge in [0.15, 0.2) is 5.92 Å². The lowest BCUT2D eigenvalue weighted by Gasteiger charge is -2.19. The molecule has 9 nitrogen and oxygen atoms in total. The van der Waals surface area contributed by atoms with Gasteiger partial charge >= 0.3 is 18.1 Å². The molecule has 1 aromatic heterocycles. The molecule has 0 aliphatic heterocycles. The van der Waals surface area contributed by atoms with Gasteiger partial charge in [0.1, 0.15) is 5.69 Å². The molecule has 146 valence electrons. The monoisotopic (exact) mass is 381 g/mol. The van der Waals surface area contributed by atoms with Crippen LogP contribution in [0, 0.1) is 16.0 Å². The number of ether oxygens (including phenoxy) is 2. The SMILES string of the molecule is CCOC(=O)C(C(=O)OCC)[C@@H](C[N+](=O)[O-])c1cc(C(F)(F)F)n(C)n1. The van der Waals surface area contributed by atoms with Gasteiger partial charge in [0.2, 0.25) is 6.54 Å². The smallest absolute Gasteiger partial charge is 0.433 e. The molecule has 0 aliphatic carbocycles. The van der Waals surface area contributed by atoms with Gasteiger partial charge in [-0.25, -0.2) is 0 Å². The van der Waals surface area contributed by atoms with Crippen molar-refractivity contribution in [2.45, 2.75) is 25.9 Å². The summed E-state index contributed by atoms with van der Waals surface area (Å²) in [6.45, 7) is 1.64. The number of esters is 2. The van der Waals surface area contributed by atoms with E-state index in [1.54, 1.807) is 0 Å². The van der Waals surface area contributed by atoms with Gasteiger partial charge in [0.25, 0.3) is 0 Å². The first-order valence-corrected chi connectivity index (χ1v) is 7.59. The number of rotatable bonds is 8. The molecule has 1 heterocycles. The Morgan fingerprint density at radius 3 is 2.12 bits per heavy atom. The van der Waals surface area contributed by atoms with Crippen LogP contribution in [0.4, 0.5) is 13.2 Å². The van der Waals surface area contributed by atoms with Gasteiger partial charge < -0.3 is 9.47 Å². The van der Waals surface area contributed by atoms with Crippen LogP contribution in [0.1, 0.15) is 31.2 Å². The van der Waals surface area contributed by atoms with Crippen molar-refractivity contribution in [2.24, 2.45) is 13.0 Å². The molecule has 0 bridgehead atoms. The minimum atomic E-state index is -4.76. The number of hydrogen-bond acceptors (Lipinski definition) is 7. The summed E-state index contributed by atoms with van der Waals surface area (Å²) in [6, 6.07) is 0.569. The molecule has 0 unspecified atom stereocenters. The first-order valence-electron chi connectivity index (χ1n) is 7.59. The van der Waals surface area contributed by atoms with Crippen molar-refractivity contribution in [3.05, 3.63) is 27.6 Å². The van der Waals surface area contributed by atoms with Crippen LogP contribution in [-0.2, 0) is 32.3 Å². The largest absolute Gasteiger partial charge is 0.465 e. The number of carbonyl (C=O) groups is 2. The van der Waals surface area contributed by atoms with Gasteiger partial charge in [-0.3, -0.25) is 24.4 Å². The van der Waals surface area contributed by atoms with Crippen LogP contribution < -0.4 is 0 Å². The third-order valence-corrected chi connectivity index (χ3v) is 3.40. The molecule has 0 spiro atoms. The van der Waals surface area contributed by atoms with E-state index in [9.17, 15) is 32.9 Å². The summed E-state index contributed by atoms with van der Waals surface area (Å²) in [5.41, 5.74) is -1.60. The van der Waals surface area contributed by atoms with E-state index in [4.69, 9.17) is 9.47 Å². The highest BCUT2D eigenvalue weighted by atomic mass is 19.4. The highest BCUT2D eigenvalue weighted by molar-refractivity contribution is 5.96. The second-order valence-corrected chi connectivity index (χ2v) is 5.18. The Morgan fingerprint density at radius 2 is 1.77 bits per heavy atom. The predicted molar refractivity (Wildman–Crippen MR) is 79.6 cm³/mol. The summed E-state index contributed by atoms with van der Waals surface area (Å²) in [5, 5.41) is 14.6. The number of nitro groups is 1. The molecule has 0 aromatic carbocycles. The van der Waals surface area contributed by atoms with Crippen LogP contribution in [0.25, 0.3) is 0 Å². The van der Waals surface area contributed by atoms with Crippen LogP contribution >= 0.6 is 0 Å². The molecule has 0 aliphatic rings. The lowest BCUT2D eigenvalue weighted by Crippen LogP contribution is -2.36. The second kappa shape index (κ2) is 8.63. The van der Waals surface area contributed by atoms with Gasteiger partial charge in [-0.15, -0.1) is 0 Å². The first kappa shape index (κ1) is 21.4. The summed E-state index contributed by atoms with van der Waals surface area (Å²) in [7, 11) is 0.999. The van der Waals surface area contributed by atoms with E-state index >= 15 is 0 Å². The van der Waals surface area contributed by atoms with E-state index in [0.717, 1.165) is 7.05 Å².